The lowest BCUT2D eigenvalue weighted by Gasteiger charge is -2.19. The number of ketones is 1. The number of hydrogen-bond acceptors (Lipinski definition) is 5. The molecule has 1 aromatic heterocycles. The summed E-state index contributed by atoms with van der Waals surface area (Å²) in [4.78, 5) is 31.7. The number of ether oxygens (including phenoxy) is 1. The Morgan fingerprint density at radius 2 is 1.48 bits per heavy atom. The third-order valence-electron chi connectivity index (χ3n) is 10.1. The number of oxime groups is 1. The van der Waals surface area contributed by atoms with Crippen molar-refractivity contribution < 1.29 is 32.3 Å². The third kappa shape index (κ3) is 8.05. The highest BCUT2D eigenvalue weighted by Crippen LogP contribution is 2.39. The molecule has 0 radical (unpaired) electrons. The number of unbranched alkanes of at least 4 members (excludes halogenated alkanes) is 1. The van der Waals surface area contributed by atoms with Crippen LogP contribution in [0.1, 0.15) is 90.2 Å². The Kier molecular flexibility index (Phi) is 11.3. The number of alkyl halides is 3. The second-order valence-electron chi connectivity index (χ2n) is 14.2. The van der Waals surface area contributed by atoms with E-state index in [9.17, 15) is 22.8 Å². The zero-order chi connectivity index (χ0) is 38.7. The summed E-state index contributed by atoms with van der Waals surface area (Å²) in [5.41, 5.74) is 7.72. The monoisotopic (exact) mass is 734 g/mol. The van der Waals surface area contributed by atoms with E-state index in [0.29, 0.717) is 33.9 Å². The van der Waals surface area contributed by atoms with Gasteiger partial charge in [0.2, 0.25) is 0 Å². The number of carbonyl (C=O) groups excluding carboxylic acids is 2. The zero-order valence-electron chi connectivity index (χ0n) is 31.6. The Labute approximate surface area is 313 Å². The van der Waals surface area contributed by atoms with Gasteiger partial charge in [0.1, 0.15) is 11.5 Å². The first kappa shape index (κ1) is 38.3. The highest BCUT2D eigenvalue weighted by atomic mass is 19.4. The minimum absolute atomic E-state index is 0.0399. The van der Waals surface area contributed by atoms with Crippen LogP contribution in [0, 0.1) is 26.7 Å². The van der Waals surface area contributed by atoms with E-state index >= 15 is 0 Å². The van der Waals surface area contributed by atoms with Crippen LogP contribution in [-0.4, -0.2) is 34.8 Å². The minimum Gasteiger partial charge on any atom is -0.484 e. The van der Waals surface area contributed by atoms with Crippen molar-refractivity contribution >= 4 is 50.0 Å². The molecule has 0 aliphatic carbocycles. The van der Waals surface area contributed by atoms with Crippen molar-refractivity contribution in [3.05, 3.63) is 124 Å². The van der Waals surface area contributed by atoms with Gasteiger partial charge in [0.05, 0.1) is 5.52 Å². The lowest BCUT2D eigenvalue weighted by molar-refractivity contribution is -0.153. The average Bonchev–Trinajstić information content (AvgIpc) is 3.44. The van der Waals surface area contributed by atoms with Gasteiger partial charge in [-0.1, -0.05) is 86.3 Å². The van der Waals surface area contributed by atoms with E-state index in [1.165, 1.54) is 19.1 Å². The number of aromatic nitrogens is 1. The number of nitrogens with zero attached hydrogens (tertiary/aromatic N) is 2. The van der Waals surface area contributed by atoms with E-state index in [4.69, 9.17) is 9.57 Å². The van der Waals surface area contributed by atoms with Crippen molar-refractivity contribution in [3.63, 3.8) is 0 Å². The first-order chi connectivity index (χ1) is 25.8. The number of halogens is 3. The molecular formula is C45H45F3N2O4. The molecule has 0 aliphatic heterocycles. The van der Waals surface area contributed by atoms with Crippen molar-refractivity contribution in [2.45, 2.75) is 79.9 Å². The molecule has 5 aromatic carbocycles. The first-order valence-corrected chi connectivity index (χ1v) is 18.5. The maximum Gasteiger partial charge on any atom is 0.422 e. The molecule has 0 fully saturated rings. The summed E-state index contributed by atoms with van der Waals surface area (Å²) >= 11 is 0. The summed E-state index contributed by atoms with van der Waals surface area (Å²) in [7, 11) is 0. The average molecular weight is 735 g/mol. The molecule has 0 amide bonds. The fourth-order valence-corrected chi connectivity index (χ4v) is 7.59. The van der Waals surface area contributed by atoms with Gasteiger partial charge >= 0.3 is 12.1 Å². The number of benzene rings is 5. The Morgan fingerprint density at radius 3 is 2.11 bits per heavy atom. The fourth-order valence-electron chi connectivity index (χ4n) is 7.59. The Hall–Kier alpha value is -5.44. The Balaban J connectivity index is 1.60. The largest absolute Gasteiger partial charge is 0.484 e. The molecule has 54 heavy (non-hydrogen) atoms. The second-order valence-corrected chi connectivity index (χ2v) is 14.2. The lowest BCUT2D eigenvalue weighted by Crippen LogP contribution is -2.19. The summed E-state index contributed by atoms with van der Waals surface area (Å²) in [6.45, 7) is 11.0. The molecular weight excluding hydrogens is 689 g/mol. The quantitative estimate of drug-likeness (QED) is 0.0513. The van der Waals surface area contributed by atoms with Gasteiger partial charge in [0.25, 0.3) is 0 Å². The van der Waals surface area contributed by atoms with Crippen molar-refractivity contribution in [3.8, 4) is 5.75 Å². The molecule has 9 heteroatoms. The van der Waals surface area contributed by atoms with E-state index in [2.05, 4.69) is 29.6 Å². The number of aryl methyl sites for hydroxylation is 3. The highest BCUT2D eigenvalue weighted by Gasteiger charge is 2.28. The van der Waals surface area contributed by atoms with Gasteiger partial charge in [-0.15, -0.1) is 0 Å². The normalized spacial score (nSPS) is 12.8. The van der Waals surface area contributed by atoms with E-state index in [0.717, 1.165) is 81.5 Å². The van der Waals surface area contributed by atoms with Gasteiger partial charge in [-0.05, 0) is 92.1 Å². The molecule has 6 aromatic rings. The summed E-state index contributed by atoms with van der Waals surface area (Å²) in [5.74, 6) is -0.192. The van der Waals surface area contributed by atoms with Crippen molar-refractivity contribution in [1.29, 1.82) is 0 Å². The second kappa shape index (κ2) is 15.9. The van der Waals surface area contributed by atoms with Crippen LogP contribution < -0.4 is 4.74 Å². The topological polar surface area (TPSA) is 69.9 Å². The van der Waals surface area contributed by atoms with E-state index < -0.39 is 18.8 Å². The van der Waals surface area contributed by atoms with E-state index in [-0.39, 0.29) is 11.5 Å². The molecule has 6 nitrogen and oxygen atoms in total. The SMILES string of the molecule is CCCCC(CC)Cn1c2ccc(/C(=N\OC(C)=O)c3ccc(OCC(F)(F)F)cc3)cc2c2cc(C(=O)c3c(C)cc(C)cc3C)c3ccccc3c21. The van der Waals surface area contributed by atoms with Crippen LogP contribution in [0.3, 0.4) is 0 Å². The van der Waals surface area contributed by atoms with Crippen molar-refractivity contribution in [2.24, 2.45) is 11.1 Å². The van der Waals surface area contributed by atoms with Crippen molar-refractivity contribution in [1.82, 2.24) is 4.57 Å². The smallest absolute Gasteiger partial charge is 0.422 e. The van der Waals surface area contributed by atoms with Gasteiger partial charge in [-0.3, -0.25) is 4.79 Å². The standard InChI is InChI=1S/C45H45F3N2O4/c1-7-9-12-31(8-2)25-50-40-20-17-33(42(49-54-30(6)51)32-15-18-34(19-16-32)53-26-45(46,47)48)23-37(40)38-24-39(35-13-10-11-14-36(35)43(38)50)44(52)41-28(4)21-27(3)22-29(41)5/h10-11,13-24,31H,7-9,12,25-26H2,1-6H3/b49-42-. The molecule has 280 valence electrons. The highest BCUT2D eigenvalue weighted by molar-refractivity contribution is 6.27. The lowest BCUT2D eigenvalue weighted by atomic mass is 9.89. The third-order valence-corrected chi connectivity index (χ3v) is 10.1. The number of rotatable bonds is 13. The predicted molar refractivity (Wildman–Crippen MR) is 210 cm³/mol. The number of fused-ring (bicyclic) bond motifs is 5. The summed E-state index contributed by atoms with van der Waals surface area (Å²) < 4.78 is 45.7. The van der Waals surface area contributed by atoms with Crippen LogP contribution in [0.25, 0.3) is 32.6 Å². The molecule has 0 N–H and O–H groups in total. The maximum absolute atomic E-state index is 14.6. The summed E-state index contributed by atoms with van der Waals surface area (Å²) in [5, 5.41) is 7.87. The van der Waals surface area contributed by atoms with Crippen molar-refractivity contribution in [2.75, 3.05) is 6.61 Å². The Morgan fingerprint density at radius 1 is 0.815 bits per heavy atom. The zero-order valence-corrected chi connectivity index (χ0v) is 31.6. The summed E-state index contributed by atoms with van der Waals surface area (Å²) in [6.07, 6.45) is -0.129. The fraction of sp³-hybridized carbons (Fsp3) is 0.311. The summed E-state index contributed by atoms with van der Waals surface area (Å²) in [6, 6.07) is 26.1. The van der Waals surface area contributed by atoms with Gasteiger partial charge in [0.15, 0.2) is 12.4 Å². The molecule has 0 bridgehead atoms. The van der Waals surface area contributed by atoms with Crippen LogP contribution >= 0.6 is 0 Å². The molecule has 1 atom stereocenters. The van der Waals surface area contributed by atoms with Crippen LogP contribution in [0.15, 0.2) is 90.1 Å². The van der Waals surface area contributed by atoms with Gasteiger partial charge in [-0.25, -0.2) is 4.79 Å². The molecule has 0 spiro atoms. The number of hydrogen-bond donors (Lipinski definition) is 0. The van der Waals surface area contributed by atoms with Crippen LogP contribution in [0.4, 0.5) is 13.2 Å². The number of carbonyl (C=O) groups is 2. The maximum atomic E-state index is 14.6. The van der Waals surface area contributed by atoms with Gasteiger partial charge < -0.3 is 14.1 Å². The van der Waals surface area contributed by atoms with Crippen LogP contribution in [0.5, 0.6) is 5.75 Å². The van der Waals surface area contributed by atoms with E-state index in [1.54, 1.807) is 12.1 Å². The van der Waals surface area contributed by atoms with Gasteiger partial charge in [0, 0.05) is 57.4 Å². The molecule has 1 heterocycles. The molecule has 6 rings (SSSR count). The molecule has 1 unspecified atom stereocenters. The van der Waals surface area contributed by atoms with Crippen LogP contribution in [-0.2, 0) is 16.2 Å². The van der Waals surface area contributed by atoms with Crippen LogP contribution in [0.2, 0.25) is 0 Å². The first-order valence-electron chi connectivity index (χ1n) is 18.5. The Bertz CT molecular complexity index is 2370. The van der Waals surface area contributed by atoms with Gasteiger partial charge in [-0.2, -0.15) is 13.2 Å². The molecule has 0 saturated heterocycles. The minimum atomic E-state index is -4.48. The van der Waals surface area contributed by atoms with E-state index in [1.807, 2.05) is 75.4 Å². The molecule has 0 aliphatic rings. The molecule has 0 saturated carbocycles. The predicted octanol–water partition coefficient (Wildman–Crippen LogP) is 11.6.